The van der Waals surface area contributed by atoms with E-state index >= 15 is 0 Å². The quantitative estimate of drug-likeness (QED) is 0.365. The van der Waals surface area contributed by atoms with Gasteiger partial charge in [0.05, 0.1) is 10.5 Å². The smallest absolute Gasteiger partial charge is 0.269 e. The number of nitrogens with zero attached hydrogens (tertiary/aromatic N) is 1. The van der Waals surface area contributed by atoms with Crippen LogP contribution < -0.4 is 9.47 Å². The van der Waals surface area contributed by atoms with Gasteiger partial charge >= 0.3 is 0 Å². The molecule has 0 spiro atoms. The lowest BCUT2D eigenvalue weighted by molar-refractivity contribution is -0.384. The van der Waals surface area contributed by atoms with Crippen molar-refractivity contribution in [1.82, 2.24) is 0 Å². The molecular formula is C22H15NO5. The first-order valence-corrected chi connectivity index (χ1v) is 8.59. The van der Waals surface area contributed by atoms with Gasteiger partial charge in [-0.05, 0) is 41.5 Å². The Kier molecular flexibility index (Phi) is 4.60. The molecule has 3 aromatic rings. The molecule has 0 saturated heterocycles. The maximum absolute atomic E-state index is 12.5. The molecule has 6 nitrogen and oxygen atoms in total. The zero-order valence-electron chi connectivity index (χ0n) is 14.7. The molecule has 0 aromatic heterocycles. The summed E-state index contributed by atoms with van der Waals surface area (Å²) < 4.78 is 11.4. The molecular weight excluding hydrogens is 358 g/mol. The summed E-state index contributed by atoms with van der Waals surface area (Å²) in [7, 11) is 0. The van der Waals surface area contributed by atoms with Crippen molar-refractivity contribution in [1.29, 1.82) is 0 Å². The first-order chi connectivity index (χ1) is 13.6. The van der Waals surface area contributed by atoms with E-state index < -0.39 is 4.92 Å². The average molecular weight is 373 g/mol. The summed E-state index contributed by atoms with van der Waals surface area (Å²) in [6.07, 6.45) is 1.71. The number of ketones is 1. The van der Waals surface area contributed by atoms with Crippen molar-refractivity contribution in [2.24, 2.45) is 0 Å². The maximum Gasteiger partial charge on any atom is 0.269 e. The third kappa shape index (κ3) is 3.61. The number of hydrogen-bond donors (Lipinski definition) is 0. The fraction of sp³-hybridized carbons (Fsp3) is 0.0455. The molecule has 4 rings (SSSR count). The number of ether oxygens (including phenoxy) is 2. The molecule has 0 bridgehead atoms. The Bertz CT molecular complexity index is 1070. The van der Waals surface area contributed by atoms with Crippen molar-refractivity contribution >= 4 is 17.5 Å². The molecule has 0 radical (unpaired) electrons. The predicted octanol–water partition coefficient (Wildman–Crippen LogP) is 4.79. The van der Waals surface area contributed by atoms with Gasteiger partial charge in [0.1, 0.15) is 18.1 Å². The van der Waals surface area contributed by atoms with Crippen LogP contribution in [0.4, 0.5) is 5.69 Å². The van der Waals surface area contributed by atoms with Crippen LogP contribution in [0, 0.1) is 10.1 Å². The summed E-state index contributed by atoms with van der Waals surface area (Å²) in [6, 6.07) is 20.7. The van der Waals surface area contributed by atoms with E-state index in [-0.39, 0.29) is 23.8 Å². The van der Waals surface area contributed by atoms with Crippen LogP contribution in [-0.4, -0.2) is 10.7 Å². The maximum atomic E-state index is 12.5. The zero-order chi connectivity index (χ0) is 19.5. The molecule has 6 heteroatoms. The summed E-state index contributed by atoms with van der Waals surface area (Å²) >= 11 is 0. The Morgan fingerprint density at radius 3 is 2.46 bits per heavy atom. The fourth-order valence-electron chi connectivity index (χ4n) is 2.84. The number of nitro groups is 1. The van der Waals surface area contributed by atoms with Crippen molar-refractivity contribution in [2.75, 3.05) is 0 Å². The van der Waals surface area contributed by atoms with Crippen LogP contribution in [0.15, 0.2) is 78.6 Å². The summed E-state index contributed by atoms with van der Waals surface area (Å²) in [5, 5.41) is 10.7. The van der Waals surface area contributed by atoms with E-state index in [1.54, 1.807) is 36.4 Å². The summed E-state index contributed by atoms with van der Waals surface area (Å²) in [4.78, 5) is 22.7. The molecule has 0 atom stereocenters. The SMILES string of the molecule is O=C1/C(=C/c2ccccc2)Oc2cc(OCc3ccc([N+](=O)[O-])cc3)ccc21. The number of fused-ring (bicyclic) bond motifs is 1. The highest BCUT2D eigenvalue weighted by Gasteiger charge is 2.27. The average Bonchev–Trinajstić information content (AvgIpc) is 3.02. The van der Waals surface area contributed by atoms with Crippen LogP contribution in [0.2, 0.25) is 0 Å². The minimum atomic E-state index is -0.444. The number of carbonyl (C=O) groups excluding carboxylic acids is 1. The van der Waals surface area contributed by atoms with E-state index in [9.17, 15) is 14.9 Å². The molecule has 0 N–H and O–H groups in total. The van der Waals surface area contributed by atoms with Crippen LogP contribution in [0.3, 0.4) is 0 Å². The normalized spacial score (nSPS) is 13.9. The van der Waals surface area contributed by atoms with Gasteiger partial charge in [-0.3, -0.25) is 14.9 Å². The topological polar surface area (TPSA) is 78.7 Å². The van der Waals surface area contributed by atoms with E-state index in [0.717, 1.165) is 11.1 Å². The number of non-ortho nitro benzene ring substituents is 1. The number of nitro benzene ring substituents is 1. The van der Waals surface area contributed by atoms with Gasteiger partial charge in [0.15, 0.2) is 5.76 Å². The van der Waals surface area contributed by atoms with Crippen molar-refractivity contribution < 1.29 is 19.2 Å². The molecule has 3 aromatic carbocycles. The van der Waals surface area contributed by atoms with Crippen molar-refractivity contribution in [3.8, 4) is 11.5 Å². The lowest BCUT2D eigenvalue weighted by Gasteiger charge is -2.07. The van der Waals surface area contributed by atoms with Crippen LogP contribution in [0.5, 0.6) is 11.5 Å². The molecule has 1 aliphatic rings. The minimum Gasteiger partial charge on any atom is -0.489 e. The second kappa shape index (κ2) is 7.36. The molecule has 1 aliphatic heterocycles. The van der Waals surface area contributed by atoms with Gasteiger partial charge in [-0.2, -0.15) is 0 Å². The molecule has 0 aliphatic carbocycles. The number of rotatable bonds is 5. The van der Waals surface area contributed by atoms with E-state index in [2.05, 4.69) is 0 Å². The molecule has 0 amide bonds. The Labute approximate surface area is 160 Å². The molecule has 1 heterocycles. The Hall–Kier alpha value is -3.93. The Morgan fingerprint density at radius 2 is 1.75 bits per heavy atom. The van der Waals surface area contributed by atoms with Gasteiger partial charge in [-0.1, -0.05) is 30.3 Å². The zero-order valence-corrected chi connectivity index (χ0v) is 14.7. The van der Waals surface area contributed by atoms with Gasteiger partial charge < -0.3 is 9.47 Å². The molecule has 138 valence electrons. The van der Waals surface area contributed by atoms with Crippen LogP contribution in [0.25, 0.3) is 6.08 Å². The molecule has 28 heavy (non-hydrogen) atoms. The second-order valence-corrected chi connectivity index (χ2v) is 6.22. The third-order valence-electron chi connectivity index (χ3n) is 4.29. The minimum absolute atomic E-state index is 0.0333. The molecule has 0 saturated carbocycles. The summed E-state index contributed by atoms with van der Waals surface area (Å²) in [5.41, 5.74) is 2.21. The number of allylic oxidation sites excluding steroid dienone is 1. The van der Waals surface area contributed by atoms with Gasteiger partial charge in [0.2, 0.25) is 5.78 Å². The highest BCUT2D eigenvalue weighted by atomic mass is 16.6. The standard InChI is InChI=1S/C22H15NO5/c24-22-19-11-10-18(27-14-16-6-8-17(9-7-16)23(25)26)13-20(19)28-21(22)12-15-4-2-1-3-5-15/h1-13H,14H2/b21-12-. The van der Waals surface area contributed by atoms with Crippen LogP contribution >= 0.6 is 0 Å². The first kappa shape index (κ1) is 17.5. The molecule has 0 unspecified atom stereocenters. The number of Topliss-reactive ketones (excluding diaryl/α,β-unsaturated/α-hetero) is 1. The third-order valence-corrected chi connectivity index (χ3v) is 4.29. The highest BCUT2D eigenvalue weighted by molar-refractivity contribution is 6.14. The number of hydrogen-bond acceptors (Lipinski definition) is 5. The first-order valence-electron chi connectivity index (χ1n) is 8.59. The largest absolute Gasteiger partial charge is 0.489 e. The lowest BCUT2D eigenvalue weighted by Crippen LogP contribution is -1.98. The molecule has 0 fully saturated rings. The Balaban J connectivity index is 1.47. The summed E-state index contributed by atoms with van der Waals surface area (Å²) in [6.45, 7) is 0.247. The van der Waals surface area contributed by atoms with Crippen molar-refractivity contribution in [3.63, 3.8) is 0 Å². The van der Waals surface area contributed by atoms with E-state index in [0.29, 0.717) is 17.1 Å². The highest BCUT2D eigenvalue weighted by Crippen LogP contribution is 2.35. The summed E-state index contributed by atoms with van der Waals surface area (Å²) in [5.74, 6) is 1.11. The lowest BCUT2D eigenvalue weighted by atomic mass is 10.1. The van der Waals surface area contributed by atoms with Gasteiger partial charge in [-0.15, -0.1) is 0 Å². The Morgan fingerprint density at radius 1 is 1.00 bits per heavy atom. The fourth-order valence-corrected chi connectivity index (χ4v) is 2.84. The number of benzene rings is 3. The monoisotopic (exact) mass is 373 g/mol. The van der Waals surface area contributed by atoms with Crippen molar-refractivity contribution in [3.05, 3.63) is 105 Å². The van der Waals surface area contributed by atoms with E-state index in [1.807, 2.05) is 30.3 Å². The van der Waals surface area contributed by atoms with Gasteiger partial charge in [0.25, 0.3) is 5.69 Å². The predicted molar refractivity (Wildman–Crippen MR) is 103 cm³/mol. The van der Waals surface area contributed by atoms with Gasteiger partial charge in [-0.25, -0.2) is 0 Å². The van der Waals surface area contributed by atoms with Crippen LogP contribution in [-0.2, 0) is 6.61 Å². The van der Waals surface area contributed by atoms with Gasteiger partial charge in [0, 0.05) is 18.2 Å². The van der Waals surface area contributed by atoms with E-state index in [4.69, 9.17) is 9.47 Å². The van der Waals surface area contributed by atoms with Crippen molar-refractivity contribution in [2.45, 2.75) is 6.61 Å². The van der Waals surface area contributed by atoms with E-state index in [1.165, 1.54) is 12.1 Å². The number of carbonyl (C=O) groups is 1. The second-order valence-electron chi connectivity index (χ2n) is 6.22. The van der Waals surface area contributed by atoms with Crippen LogP contribution in [0.1, 0.15) is 21.5 Å².